The molecule has 1 heterocycles. The van der Waals surface area contributed by atoms with Crippen molar-refractivity contribution in [2.24, 2.45) is 0 Å². The van der Waals surface area contributed by atoms with E-state index in [-0.39, 0.29) is 12.4 Å². The average molecular weight is 294 g/mol. The number of nitrogens with zero attached hydrogens (tertiary/aromatic N) is 2. The molecule has 0 amide bonds. The Morgan fingerprint density at radius 1 is 1.05 bits per heavy atom. The molecule has 0 aliphatic heterocycles. The summed E-state index contributed by atoms with van der Waals surface area (Å²) < 4.78 is 10.8. The number of carbonyl (C=O) groups excluding carboxylic acids is 1. The fourth-order valence-corrected chi connectivity index (χ4v) is 2.18. The second-order valence-corrected chi connectivity index (χ2v) is 4.61. The van der Waals surface area contributed by atoms with E-state index in [0.717, 1.165) is 10.9 Å². The van der Waals surface area contributed by atoms with Crippen LogP contribution in [0.4, 0.5) is 0 Å². The fraction of sp³-hybridized carbons (Fsp3) is 0.118. The highest BCUT2D eigenvalue weighted by molar-refractivity contribution is 5.99. The van der Waals surface area contributed by atoms with Gasteiger partial charge in [0.05, 0.1) is 23.6 Å². The lowest BCUT2D eigenvalue weighted by atomic mass is 10.1. The van der Waals surface area contributed by atoms with Crippen molar-refractivity contribution in [2.45, 2.75) is 0 Å². The number of benzene rings is 2. The van der Waals surface area contributed by atoms with E-state index in [1.807, 2.05) is 30.3 Å². The first-order chi connectivity index (χ1) is 10.8. The second-order valence-electron chi connectivity index (χ2n) is 4.61. The standard InChI is InChI=1S/C17H14N2O3/c1-21-16-9-5-3-7-13(16)15(20)10-22-17-12-6-2-4-8-14(12)18-11-19-17/h2-9,11H,10H2,1H3. The Morgan fingerprint density at radius 2 is 1.82 bits per heavy atom. The maximum atomic E-state index is 12.3. The number of carbonyl (C=O) groups is 1. The van der Waals surface area contributed by atoms with Crippen LogP contribution in [0, 0.1) is 0 Å². The van der Waals surface area contributed by atoms with E-state index in [1.54, 1.807) is 18.2 Å². The molecule has 0 saturated heterocycles. The summed E-state index contributed by atoms with van der Waals surface area (Å²) in [4.78, 5) is 20.5. The van der Waals surface area contributed by atoms with Crippen LogP contribution >= 0.6 is 0 Å². The smallest absolute Gasteiger partial charge is 0.224 e. The Bertz CT molecular complexity index is 812. The van der Waals surface area contributed by atoms with E-state index in [2.05, 4.69) is 9.97 Å². The molecule has 1 aromatic heterocycles. The van der Waals surface area contributed by atoms with Gasteiger partial charge in [0.1, 0.15) is 12.1 Å². The zero-order valence-corrected chi connectivity index (χ0v) is 12.0. The lowest BCUT2D eigenvalue weighted by Gasteiger charge is -2.09. The van der Waals surface area contributed by atoms with Crippen molar-refractivity contribution in [3.05, 3.63) is 60.4 Å². The summed E-state index contributed by atoms with van der Waals surface area (Å²) in [7, 11) is 1.53. The van der Waals surface area contributed by atoms with Crippen LogP contribution < -0.4 is 9.47 Å². The molecule has 0 aliphatic rings. The largest absolute Gasteiger partial charge is 0.496 e. The third kappa shape index (κ3) is 2.74. The van der Waals surface area contributed by atoms with E-state index in [1.165, 1.54) is 13.4 Å². The van der Waals surface area contributed by atoms with Crippen molar-refractivity contribution < 1.29 is 14.3 Å². The number of ketones is 1. The van der Waals surface area contributed by atoms with Gasteiger partial charge in [-0.2, -0.15) is 0 Å². The van der Waals surface area contributed by atoms with Gasteiger partial charge in [-0.05, 0) is 24.3 Å². The summed E-state index contributed by atoms with van der Waals surface area (Å²) in [6.07, 6.45) is 1.42. The third-order valence-corrected chi connectivity index (χ3v) is 3.25. The summed E-state index contributed by atoms with van der Waals surface area (Å²) in [5.41, 5.74) is 1.26. The molecular weight excluding hydrogens is 280 g/mol. The number of para-hydroxylation sites is 2. The molecule has 22 heavy (non-hydrogen) atoms. The lowest BCUT2D eigenvalue weighted by molar-refractivity contribution is 0.0916. The van der Waals surface area contributed by atoms with Crippen molar-refractivity contribution in [3.63, 3.8) is 0 Å². The number of ether oxygens (including phenoxy) is 2. The number of hydrogen-bond acceptors (Lipinski definition) is 5. The maximum absolute atomic E-state index is 12.3. The van der Waals surface area contributed by atoms with E-state index < -0.39 is 0 Å². The Kier molecular flexibility index (Phi) is 3.96. The van der Waals surface area contributed by atoms with E-state index >= 15 is 0 Å². The van der Waals surface area contributed by atoms with Gasteiger partial charge in [-0.25, -0.2) is 9.97 Å². The van der Waals surface area contributed by atoms with E-state index in [0.29, 0.717) is 17.2 Å². The van der Waals surface area contributed by atoms with Crippen LogP contribution in [0.25, 0.3) is 10.9 Å². The van der Waals surface area contributed by atoms with Crippen LogP contribution in [0.5, 0.6) is 11.6 Å². The Balaban J connectivity index is 1.81. The molecule has 5 heteroatoms. The minimum Gasteiger partial charge on any atom is -0.496 e. The van der Waals surface area contributed by atoms with Crippen LogP contribution in [-0.2, 0) is 0 Å². The van der Waals surface area contributed by atoms with Gasteiger partial charge in [0.15, 0.2) is 6.61 Å². The fourth-order valence-electron chi connectivity index (χ4n) is 2.18. The third-order valence-electron chi connectivity index (χ3n) is 3.25. The summed E-state index contributed by atoms with van der Waals surface area (Å²) in [5.74, 6) is 0.762. The van der Waals surface area contributed by atoms with Gasteiger partial charge < -0.3 is 9.47 Å². The van der Waals surface area contributed by atoms with Crippen molar-refractivity contribution in [3.8, 4) is 11.6 Å². The molecule has 0 N–H and O–H groups in total. The molecule has 0 atom stereocenters. The molecule has 3 rings (SSSR count). The van der Waals surface area contributed by atoms with Gasteiger partial charge in [0.25, 0.3) is 0 Å². The van der Waals surface area contributed by atoms with Gasteiger partial charge in [0, 0.05) is 0 Å². The monoisotopic (exact) mass is 294 g/mol. The first-order valence-corrected chi connectivity index (χ1v) is 6.78. The minimum absolute atomic E-state index is 0.110. The lowest BCUT2D eigenvalue weighted by Crippen LogP contribution is -2.13. The number of Topliss-reactive ketones (excluding diaryl/α,β-unsaturated/α-hetero) is 1. The number of methoxy groups -OCH3 is 1. The predicted molar refractivity (Wildman–Crippen MR) is 82.4 cm³/mol. The van der Waals surface area contributed by atoms with Crippen molar-refractivity contribution >= 4 is 16.7 Å². The predicted octanol–water partition coefficient (Wildman–Crippen LogP) is 2.90. The van der Waals surface area contributed by atoms with E-state index in [9.17, 15) is 4.79 Å². The van der Waals surface area contributed by atoms with Gasteiger partial charge in [0.2, 0.25) is 11.7 Å². The Labute approximate surface area is 127 Å². The van der Waals surface area contributed by atoms with E-state index in [4.69, 9.17) is 9.47 Å². The molecule has 0 aliphatic carbocycles. The van der Waals surface area contributed by atoms with Gasteiger partial charge in [-0.15, -0.1) is 0 Å². The number of hydrogen-bond donors (Lipinski definition) is 0. The molecule has 3 aromatic rings. The zero-order valence-electron chi connectivity index (χ0n) is 12.0. The molecule has 0 bridgehead atoms. The molecule has 5 nitrogen and oxygen atoms in total. The Morgan fingerprint density at radius 3 is 2.68 bits per heavy atom. The molecule has 2 aromatic carbocycles. The maximum Gasteiger partial charge on any atom is 0.224 e. The summed E-state index contributed by atoms with van der Waals surface area (Å²) in [6.45, 7) is -0.110. The Hall–Kier alpha value is -2.95. The molecular formula is C17H14N2O3. The zero-order chi connectivity index (χ0) is 15.4. The highest BCUT2D eigenvalue weighted by Crippen LogP contribution is 2.22. The molecule has 0 radical (unpaired) electrons. The molecule has 0 spiro atoms. The number of aromatic nitrogens is 2. The number of fused-ring (bicyclic) bond motifs is 1. The first-order valence-electron chi connectivity index (χ1n) is 6.78. The topological polar surface area (TPSA) is 61.3 Å². The molecule has 110 valence electrons. The highest BCUT2D eigenvalue weighted by atomic mass is 16.5. The summed E-state index contributed by atoms with van der Waals surface area (Å²) >= 11 is 0. The summed E-state index contributed by atoms with van der Waals surface area (Å²) in [5, 5.41) is 0.776. The van der Waals surface area contributed by atoms with Crippen LogP contribution in [0.2, 0.25) is 0 Å². The van der Waals surface area contributed by atoms with Crippen molar-refractivity contribution in [1.29, 1.82) is 0 Å². The first kappa shape index (κ1) is 14.0. The van der Waals surface area contributed by atoms with Crippen LogP contribution in [0.1, 0.15) is 10.4 Å². The van der Waals surface area contributed by atoms with Crippen LogP contribution in [0.15, 0.2) is 54.9 Å². The van der Waals surface area contributed by atoms with Crippen molar-refractivity contribution in [2.75, 3.05) is 13.7 Å². The summed E-state index contributed by atoms with van der Waals surface area (Å²) in [6, 6.07) is 14.5. The minimum atomic E-state index is -0.167. The normalized spacial score (nSPS) is 10.4. The van der Waals surface area contributed by atoms with Crippen LogP contribution in [-0.4, -0.2) is 29.5 Å². The molecule has 0 unspecified atom stereocenters. The second kappa shape index (κ2) is 6.22. The van der Waals surface area contributed by atoms with Gasteiger partial charge in [-0.3, -0.25) is 4.79 Å². The highest BCUT2D eigenvalue weighted by Gasteiger charge is 2.13. The molecule has 0 fully saturated rings. The SMILES string of the molecule is COc1ccccc1C(=O)COc1ncnc2ccccc12. The molecule has 0 saturated carbocycles. The quantitative estimate of drug-likeness (QED) is 0.677. The van der Waals surface area contributed by atoms with Crippen molar-refractivity contribution in [1.82, 2.24) is 9.97 Å². The van der Waals surface area contributed by atoms with Gasteiger partial charge in [-0.1, -0.05) is 24.3 Å². The van der Waals surface area contributed by atoms with Crippen LogP contribution in [0.3, 0.4) is 0 Å². The van der Waals surface area contributed by atoms with Gasteiger partial charge >= 0.3 is 0 Å². The average Bonchev–Trinajstić information content (AvgIpc) is 2.59. The number of rotatable bonds is 5.